The molecule has 0 aliphatic carbocycles. The number of aldehydes is 1. The van der Waals surface area contributed by atoms with E-state index in [-0.39, 0.29) is 18.3 Å². The maximum Gasteiger partial charge on any atom is 0.122 e. The molecule has 0 aromatic rings. The largest absolute Gasteiger partial charge is 0.388 e. The van der Waals surface area contributed by atoms with Crippen molar-refractivity contribution in [2.45, 2.75) is 80.6 Å². The molecule has 3 fully saturated rings. The number of ether oxygens (including phenoxy) is 4. The molecule has 0 aromatic heterocycles. The molecule has 0 amide bonds. The van der Waals surface area contributed by atoms with Crippen molar-refractivity contribution >= 4 is 6.29 Å². The number of rotatable bonds is 6. The Morgan fingerprint density at radius 3 is 2.58 bits per heavy atom. The number of aliphatic hydroxyl groups is 2. The number of fused-ring (bicyclic) bond motifs is 2. The molecule has 0 spiro atoms. The maximum atomic E-state index is 10.7. The molecule has 9 atom stereocenters. The summed E-state index contributed by atoms with van der Waals surface area (Å²) < 4.78 is 22.9. The summed E-state index contributed by atoms with van der Waals surface area (Å²) in [5.74, 6) is 0. The third-order valence-corrected chi connectivity index (χ3v) is 5.26. The molecule has 0 aromatic carbocycles. The van der Waals surface area contributed by atoms with E-state index in [1.165, 1.54) is 0 Å². The molecular weight excluding hydrogens is 316 g/mol. The fourth-order valence-corrected chi connectivity index (χ4v) is 3.92. The average Bonchev–Trinajstić information content (AvgIpc) is 2.90. The lowest BCUT2D eigenvalue weighted by molar-refractivity contribution is -0.258. The van der Waals surface area contributed by atoms with Crippen LogP contribution in [0.15, 0.2) is 12.7 Å². The van der Waals surface area contributed by atoms with Crippen molar-refractivity contribution in [3.8, 4) is 0 Å². The van der Waals surface area contributed by atoms with Crippen LogP contribution in [-0.2, 0) is 23.7 Å². The zero-order chi connectivity index (χ0) is 17.3. The Morgan fingerprint density at radius 2 is 1.92 bits per heavy atom. The zero-order valence-corrected chi connectivity index (χ0v) is 13.8. The lowest BCUT2D eigenvalue weighted by Crippen LogP contribution is -2.61. The number of hydrogen-bond donors (Lipinski definition) is 2. The van der Waals surface area contributed by atoms with Gasteiger partial charge in [0.1, 0.15) is 36.8 Å². The first-order valence-corrected chi connectivity index (χ1v) is 8.50. The van der Waals surface area contributed by atoms with Gasteiger partial charge >= 0.3 is 0 Å². The van der Waals surface area contributed by atoms with Crippen LogP contribution in [0.2, 0.25) is 0 Å². The minimum Gasteiger partial charge on any atom is -0.388 e. The normalized spacial score (nSPS) is 46.0. The summed E-state index contributed by atoms with van der Waals surface area (Å²) in [5, 5.41) is 21.2. The van der Waals surface area contributed by atoms with Gasteiger partial charge in [-0.1, -0.05) is 6.08 Å². The predicted octanol–water partition coefficient (Wildman–Crippen LogP) is -0.0293. The molecule has 136 valence electrons. The lowest BCUT2D eigenvalue weighted by Gasteiger charge is -2.46. The van der Waals surface area contributed by atoms with E-state index in [9.17, 15) is 15.0 Å². The Morgan fingerprint density at radius 1 is 1.17 bits per heavy atom. The van der Waals surface area contributed by atoms with Gasteiger partial charge in [0.2, 0.25) is 0 Å². The van der Waals surface area contributed by atoms with Crippen molar-refractivity contribution in [1.29, 1.82) is 0 Å². The fourth-order valence-electron chi connectivity index (χ4n) is 3.92. The van der Waals surface area contributed by atoms with Gasteiger partial charge in [-0.05, 0) is 12.8 Å². The number of carbonyl (C=O) groups excluding carboxylic acids is 1. The van der Waals surface area contributed by atoms with Crippen LogP contribution in [0.25, 0.3) is 0 Å². The molecule has 0 saturated carbocycles. The van der Waals surface area contributed by atoms with Gasteiger partial charge in [0.25, 0.3) is 0 Å². The standard InChI is InChI=1S/C17H26O7/c1-3-9(21-2)8-12-13(19)16-17(24-12)14(20)15-11(23-16)5-4-10(22-15)6-7-18/h3,7,9-17,19-20H,1,4-6,8H2,2H3/t9?,10-,11+,12-,13+,14+,15+,16+,17+/m1/s1. The first-order chi connectivity index (χ1) is 11.6. The monoisotopic (exact) mass is 342 g/mol. The molecule has 3 rings (SSSR count). The van der Waals surface area contributed by atoms with Gasteiger partial charge < -0.3 is 34.0 Å². The van der Waals surface area contributed by atoms with Crippen LogP contribution in [0.5, 0.6) is 0 Å². The highest BCUT2D eigenvalue weighted by molar-refractivity contribution is 5.50. The minimum atomic E-state index is -0.896. The van der Waals surface area contributed by atoms with E-state index in [0.717, 1.165) is 6.29 Å². The average molecular weight is 342 g/mol. The van der Waals surface area contributed by atoms with Crippen molar-refractivity contribution in [2.75, 3.05) is 7.11 Å². The van der Waals surface area contributed by atoms with Crippen LogP contribution in [0, 0.1) is 0 Å². The highest BCUT2D eigenvalue weighted by atomic mass is 16.6. The molecule has 1 unspecified atom stereocenters. The van der Waals surface area contributed by atoms with E-state index in [1.54, 1.807) is 13.2 Å². The molecule has 7 heteroatoms. The molecule has 3 saturated heterocycles. The van der Waals surface area contributed by atoms with Gasteiger partial charge in [-0.25, -0.2) is 0 Å². The Balaban J connectivity index is 1.68. The van der Waals surface area contributed by atoms with Gasteiger partial charge in [-0.2, -0.15) is 0 Å². The molecule has 0 radical (unpaired) electrons. The minimum absolute atomic E-state index is 0.195. The highest BCUT2D eigenvalue weighted by Crippen LogP contribution is 2.40. The van der Waals surface area contributed by atoms with Crippen LogP contribution in [0.3, 0.4) is 0 Å². The Bertz CT molecular complexity index is 456. The second kappa shape index (κ2) is 7.59. The molecular formula is C17H26O7. The smallest absolute Gasteiger partial charge is 0.122 e. The van der Waals surface area contributed by atoms with Crippen LogP contribution in [-0.4, -0.2) is 78.5 Å². The van der Waals surface area contributed by atoms with E-state index >= 15 is 0 Å². The van der Waals surface area contributed by atoms with Gasteiger partial charge in [0.15, 0.2) is 0 Å². The van der Waals surface area contributed by atoms with Crippen molar-refractivity contribution in [1.82, 2.24) is 0 Å². The van der Waals surface area contributed by atoms with Gasteiger partial charge in [-0.15, -0.1) is 6.58 Å². The first-order valence-electron chi connectivity index (χ1n) is 8.50. The molecule has 2 N–H and O–H groups in total. The predicted molar refractivity (Wildman–Crippen MR) is 83.5 cm³/mol. The summed E-state index contributed by atoms with van der Waals surface area (Å²) >= 11 is 0. The van der Waals surface area contributed by atoms with Crippen LogP contribution < -0.4 is 0 Å². The Hall–Kier alpha value is -0.830. The highest BCUT2D eigenvalue weighted by Gasteiger charge is 2.56. The number of methoxy groups -OCH3 is 1. The summed E-state index contributed by atoms with van der Waals surface area (Å²) in [6.07, 6.45) is -0.0996. The zero-order valence-electron chi connectivity index (χ0n) is 13.8. The van der Waals surface area contributed by atoms with Crippen molar-refractivity contribution in [2.24, 2.45) is 0 Å². The summed E-state index contributed by atoms with van der Waals surface area (Å²) in [6, 6.07) is 0. The van der Waals surface area contributed by atoms with Crippen LogP contribution in [0.1, 0.15) is 25.7 Å². The molecule has 3 heterocycles. The van der Waals surface area contributed by atoms with Crippen molar-refractivity contribution < 1.29 is 34.0 Å². The van der Waals surface area contributed by atoms with E-state index in [1.807, 2.05) is 0 Å². The SMILES string of the molecule is C=CC(C[C@H]1O[C@H]2[C@@H](O)[C@H]3O[C@@H](CC=O)CC[C@@H]3O[C@H]2[C@H]1O)OC. The third kappa shape index (κ3) is 3.29. The van der Waals surface area contributed by atoms with E-state index < -0.39 is 36.6 Å². The fraction of sp³-hybridized carbons (Fsp3) is 0.824. The topological polar surface area (TPSA) is 94.5 Å². The van der Waals surface area contributed by atoms with Gasteiger partial charge in [-0.3, -0.25) is 0 Å². The number of hydrogen-bond acceptors (Lipinski definition) is 7. The van der Waals surface area contributed by atoms with Crippen LogP contribution in [0.4, 0.5) is 0 Å². The van der Waals surface area contributed by atoms with Crippen molar-refractivity contribution in [3.63, 3.8) is 0 Å². The lowest BCUT2D eigenvalue weighted by atomic mass is 9.88. The number of carbonyl (C=O) groups is 1. The third-order valence-electron chi connectivity index (χ3n) is 5.26. The van der Waals surface area contributed by atoms with Crippen LogP contribution >= 0.6 is 0 Å². The van der Waals surface area contributed by atoms with E-state index in [2.05, 4.69) is 6.58 Å². The number of aliphatic hydroxyl groups excluding tert-OH is 2. The van der Waals surface area contributed by atoms with Gasteiger partial charge in [0, 0.05) is 20.0 Å². The first kappa shape index (κ1) is 18.0. The second-order valence-electron chi connectivity index (χ2n) is 6.71. The molecule has 3 aliphatic rings. The van der Waals surface area contributed by atoms with E-state index in [0.29, 0.717) is 25.7 Å². The molecule has 24 heavy (non-hydrogen) atoms. The Kier molecular flexibility index (Phi) is 5.69. The summed E-state index contributed by atoms with van der Waals surface area (Å²) in [7, 11) is 1.57. The summed E-state index contributed by atoms with van der Waals surface area (Å²) in [4.78, 5) is 10.7. The molecule has 7 nitrogen and oxygen atoms in total. The quantitative estimate of drug-likeness (QED) is 0.517. The molecule has 0 bridgehead atoms. The van der Waals surface area contributed by atoms with E-state index in [4.69, 9.17) is 18.9 Å². The molecule has 3 aliphatic heterocycles. The van der Waals surface area contributed by atoms with Crippen molar-refractivity contribution in [3.05, 3.63) is 12.7 Å². The second-order valence-corrected chi connectivity index (χ2v) is 6.71. The summed E-state index contributed by atoms with van der Waals surface area (Å²) in [6.45, 7) is 3.70. The Labute approximate surface area is 141 Å². The van der Waals surface area contributed by atoms with Gasteiger partial charge in [0.05, 0.1) is 24.4 Å². The maximum absolute atomic E-state index is 10.7. The summed E-state index contributed by atoms with van der Waals surface area (Å²) in [5.41, 5.74) is 0.